The molecule has 0 heterocycles. The standard InChI is InChI=1S/C10H8F3NS/c11-10(12,13)8-6-7(2-1-5-15)3-4-9(8)14/h3-4,6,15H,5,14H2. The molecule has 0 amide bonds. The maximum Gasteiger partial charge on any atom is 0.418 e. The summed E-state index contributed by atoms with van der Waals surface area (Å²) in [6, 6.07) is 3.58. The molecule has 0 fully saturated rings. The van der Waals surface area contributed by atoms with Crippen molar-refractivity contribution in [3.05, 3.63) is 29.3 Å². The minimum atomic E-state index is -4.44. The van der Waals surface area contributed by atoms with Gasteiger partial charge in [-0.15, -0.1) is 0 Å². The molecule has 80 valence electrons. The van der Waals surface area contributed by atoms with Crippen LogP contribution in [0.3, 0.4) is 0 Å². The predicted octanol–water partition coefficient (Wildman–Crippen LogP) is 2.57. The fourth-order valence-corrected chi connectivity index (χ4v) is 1.10. The Morgan fingerprint density at radius 3 is 2.53 bits per heavy atom. The molecule has 5 heteroatoms. The van der Waals surface area contributed by atoms with E-state index in [0.717, 1.165) is 6.07 Å². The molecule has 0 aliphatic rings. The van der Waals surface area contributed by atoms with Crippen molar-refractivity contribution in [2.24, 2.45) is 0 Å². The average molecular weight is 231 g/mol. The highest BCUT2D eigenvalue weighted by Crippen LogP contribution is 2.33. The first-order valence-corrected chi connectivity index (χ1v) is 4.65. The molecule has 0 aliphatic carbocycles. The Morgan fingerprint density at radius 2 is 2.00 bits per heavy atom. The molecular formula is C10H8F3NS. The second-order valence-electron chi connectivity index (χ2n) is 2.76. The summed E-state index contributed by atoms with van der Waals surface area (Å²) in [6.45, 7) is 0. The third-order valence-electron chi connectivity index (χ3n) is 1.67. The zero-order valence-corrected chi connectivity index (χ0v) is 8.49. The van der Waals surface area contributed by atoms with Gasteiger partial charge in [-0.05, 0) is 18.2 Å². The third kappa shape index (κ3) is 3.10. The number of thiol groups is 1. The lowest BCUT2D eigenvalue weighted by Crippen LogP contribution is -2.09. The van der Waals surface area contributed by atoms with Crippen molar-refractivity contribution in [3.8, 4) is 11.8 Å². The summed E-state index contributed by atoms with van der Waals surface area (Å²) >= 11 is 3.83. The van der Waals surface area contributed by atoms with Crippen molar-refractivity contribution in [1.29, 1.82) is 0 Å². The average Bonchev–Trinajstić information content (AvgIpc) is 2.15. The first kappa shape index (κ1) is 11.8. The van der Waals surface area contributed by atoms with Crippen LogP contribution in [0.5, 0.6) is 0 Å². The Kier molecular flexibility index (Phi) is 3.53. The molecule has 2 N–H and O–H groups in total. The lowest BCUT2D eigenvalue weighted by atomic mass is 10.1. The number of nitrogens with two attached hydrogens (primary N) is 1. The van der Waals surface area contributed by atoms with E-state index in [1.165, 1.54) is 12.1 Å². The van der Waals surface area contributed by atoms with Crippen LogP contribution in [0.25, 0.3) is 0 Å². The first-order chi connectivity index (χ1) is 6.95. The summed E-state index contributed by atoms with van der Waals surface area (Å²) in [5, 5.41) is 0. The van der Waals surface area contributed by atoms with Crippen LogP contribution in [0, 0.1) is 11.8 Å². The second-order valence-corrected chi connectivity index (χ2v) is 3.08. The van der Waals surface area contributed by atoms with Crippen LogP contribution in [0.4, 0.5) is 18.9 Å². The van der Waals surface area contributed by atoms with E-state index >= 15 is 0 Å². The van der Waals surface area contributed by atoms with Crippen molar-refractivity contribution in [3.63, 3.8) is 0 Å². The molecule has 0 aliphatic heterocycles. The van der Waals surface area contributed by atoms with Gasteiger partial charge < -0.3 is 5.73 Å². The molecule has 1 rings (SSSR count). The third-order valence-corrected chi connectivity index (χ3v) is 1.83. The number of alkyl halides is 3. The molecule has 1 aromatic carbocycles. The fourth-order valence-electron chi connectivity index (χ4n) is 1.02. The molecule has 0 atom stereocenters. The van der Waals surface area contributed by atoms with Gasteiger partial charge in [0.1, 0.15) is 0 Å². The normalized spacial score (nSPS) is 10.7. The highest BCUT2D eigenvalue weighted by molar-refractivity contribution is 7.80. The van der Waals surface area contributed by atoms with E-state index in [-0.39, 0.29) is 11.3 Å². The summed E-state index contributed by atoms with van der Waals surface area (Å²) < 4.78 is 37.2. The van der Waals surface area contributed by atoms with E-state index in [9.17, 15) is 13.2 Å². The van der Waals surface area contributed by atoms with E-state index in [4.69, 9.17) is 5.73 Å². The summed E-state index contributed by atoms with van der Waals surface area (Å²) in [6.07, 6.45) is -4.44. The molecule has 0 bridgehead atoms. The van der Waals surface area contributed by atoms with Gasteiger partial charge in [-0.25, -0.2) is 0 Å². The maximum absolute atomic E-state index is 12.4. The first-order valence-electron chi connectivity index (χ1n) is 4.01. The number of anilines is 1. The van der Waals surface area contributed by atoms with Gasteiger partial charge in [0.2, 0.25) is 0 Å². The lowest BCUT2D eigenvalue weighted by Gasteiger charge is -2.09. The topological polar surface area (TPSA) is 26.0 Å². The zero-order valence-electron chi connectivity index (χ0n) is 7.60. The van der Waals surface area contributed by atoms with E-state index < -0.39 is 11.7 Å². The minimum Gasteiger partial charge on any atom is -0.398 e. The largest absolute Gasteiger partial charge is 0.418 e. The van der Waals surface area contributed by atoms with Gasteiger partial charge in [-0.3, -0.25) is 0 Å². The van der Waals surface area contributed by atoms with Crippen molar-refractivity contribution in [2.45, 2.75) is 6.18 Å². The second kappa shape index (κ2) is 4.49. The highest BCUT2D eigenvalue weighted by atomic mass is 32.1. The van der Waals surface area contributed by atoms with E-state index in [0.29, 0.717) is 5.75 Å². The number of hydrogen-bond donors (Lipinski definition) is 2. The number of rotatable bonds is 0. The molecule has 0 saturated carbocycles. The molecular weight excluding hydrogens is 223 g/mol. The number of nitrogen functional groups attached to an aromatic ring is 1. The molecule has 0 unspecified atom stereocenters. The Morgan fingerprint density at radius 1 is 1.33 bits per heavy atom. The Bertz CT molecular complexity index is 415. The minimum absolute atomic E-state index is 0.283. The van der Waals surface area contributed by atoms with Crippen LogP contribution in [0.2, 0.25) is 0 Å². The van der Waals surface area contributed by atoms with Gasteiger partial charge in [-0.1, -0.05) is 11.8 Å². The summed E-state index contributed by atoms with van der Waals surface area (Å²) in [4.78, 5) is 0. The van der Waals surface area contributed by atoms with Gasteiger partial charge in [0.25, 0.3) is 0 Å². The van der Waals surface area contributed by atoms with Crippen molar-refractivity contribution in [2.75, 3.05) is 11.5 Å². The fraction of sp³-hybridized carbons (Fsp3) is 0.200. The van der Waals surface area contributed by atoms with Crippen molar-refractivity contribution >= 4 is 18.3 Å². The van der Waals surface area contributed by atoms with Crippen LogP contribution < -0.4 is 5.73 Å². The van der Waals surface area contributed by atoms with Crippen LogP contribution in [0.1, 0.15) is 11.1 Å². The van der Waals surface area contributed by atoms with Crippen LogP contribution in [0.15, 0.2) is 18.2 Å². The van der Waals surface area contributed by atoms with Gasteiger partial charge in [0.15, 0.2) is 0 Å². The van der Waals surface area contributed by atoms with Gasteiger partial charge in [0.05, 0.1) is 11.3 Å². The Hall–Kier alpha value is -1.28. The predicted molar refractivity (Wildman–Crippen MR) is 56.6 cm³/mol. The Labute approximate surface area is 90.9 Å². The SMILES string of the molecule is Nc1ccc(C#CCS)cc1C(F)(F)F. The zero-order chi connectivity index (χ0) is 11.5. The summed E-state index contributed by atoms with van der Waals surface area (Å²) in [5.74, 6) is 5.42. The van der Waals surface area contributed by atoms with E-state index in [1.807, 2.05) is 0 Å². The van der Waals surface area contributed by atoms with E-state index in [2.05, 4.69) is 24.5 Å². The maximum atomic E-state index is 12.4. The number of hydrogen-bond acceptors (Lipinski definition) is 2. The molecule has 0 spiro atoms. The molecule has 0 saturated heterocycles. The lowest BCUT2D eigenvalue weighted by molar-refractivity contribution is -0.136. The van der Waals surface area contributed by atoms with Crippen LogP contribution in [-0.2, 0) is 6.18 Å². The van der Waals surface area contributed by atoms with Crippen LogP contribution >= 0.6 is 12.6 Å². The van der Waals surface area contributed by atoms with Crippen molar-refractivity contribution in [1.82, 2.24) is 0 Å². The van der Waals surface area contributed by atoms with Gasteiger partial charge in [0, 0.05) is 11.3 Å². The highest BCUT2D eigenvalue weighted by Gasteiger charge is 2.32. The molecule has 0 aromatic heterocycles. The number of halogens is 3. The smallest absolute Gasteiger partial charge is 0.398 e. The summed E-state index contributed by atoms with van der Waals surface area (Å²) in [7, 11) is 0. The van der Waals surface area contributed by atoms with Gasteiger partial charge in [-0.2, -0.15) is 25.8 Å². The number of benzene rings is 1. The molecule has 1 aromatic rings. The molecule has 1 nitrogen and oxygen atoms in total. The quantitative estimate of drug-likeness (QED) is 0.400. The van der Waals surface area contributed by atoms with Crippen LogP contribution in [-0.4, -0.2) is 5.75 Å². The Balaban J connectivity index is 3.17. The molecule has 15 heavy (non-hydrogen) atoms. The summed E-state index contributed by atoms with van der Waals surface area (Å²) in [5.41, 5.74) is 4.36. The van der Waals surface area contributed by atoms with Gasteiger partial charge >= 0.3 is 6.18 Å². The molecule has 0 radical (unpaired) electrons. The van der Waals surface area contributed by atoms with E-state index in [1.54, 1.807) is 0 Å². The van der Waals surface area contributed by atoms with Crippen molar-refractivity contribution < 1.29 is 13.2 Å². The monoisotopic (exact) mass is 231 g/mol.